The molecule has 0 radical (unpaired) electrons. The van der Waals surface area contributed by atoms with Crippen LogP contribution in [0.5, 0.6) is 0 Å². The zero-order chi connectivity index (χ0) is 36.3. The molecule has 1 spiro atoms. The lowest BCUT2D eigenvalue weighted by Crippen LogP contribution is -2.27. The molecule has 262 valence electrons. The molecule has 0 saturated heterocycles. The molecule has 2 heterocycles. The lowest BCUT2D eigenvalue weighted by Gasteiger charge is -2.36. The zero-order valence-corrected chi connectivity index (χ0v) is 30.4. The van der Waals surface area contributed by atoms with Gasteiger partial charge in [0.25, 0.3) is 0 Å². The molecule has 0 bridgehead atoms. The van der Waals surface area contributed by atoms with Crippen LogP contribution in [0.25, 0.3) is 89.5 Å². The monoisotopic (exact) mass is 707 g/mol. The van der Waals surface area contributed by atoms with Gasteiger partial charge in [0.2, 0.25) is 0 Å². The van der Waals surface area contributed by atoms with Gasteiger partial charge < -0.3 is 4.42 Å². The molecule has 11 rings (SSSR count). The largest absolute Gasteiger partial charge is 0.456 e. The summed E-state index contributed by atoms with van der Waals surface area (Å²) in [6.45, 7) is 0. The molecule has 4 nitrogen and oxygen atoms in total. The second-order valence-electron chi connectivity index (χ2n) is 15.1. The Labute approximate surface area is 320 Å². The Morgan fingerprint density at radius 2 is 0.945 bits per heavy atom. The molecule has 0 atom stereocenters. The second kappa shape index (κ2) is 12.7. The fourth-order valence-corrected chi connectivity index (χ4v) is 9.36. The summed E-state index contributed by atoms with van der Waals surface area (Å²) in [6.07, 6.45) is 6.43. The van der Waals surface area contributed by atoms with E-state index in [1.807, 2.05) is 60.7 Å². The Hall–Kier alpha value is -6.65. The number of furan rings is 1. The highest BCUT2D eigenvalue weighted by atomic mass is 16.3. The first-order valence-electron chi connectivity index (χ1n) is 19.4. The van der Waals surface area contributed by atoms with E-state index >= 15 is 0 Å². The lowest BCUT2D eigenvalue weighted by molar-refractivity contribution is 0.353. The predicted molar refractivity (Wildman–Crippen MR) is 224 cm³/mol. The van der Waals surface area contributed by atoms with Gasteiger partial charge in [-0.1, -0.05) is 153 Å². The van der Waals surface area contributed by atoms with Crippen LogP contribution in [-0.2, 0) is 5.41 Å². The number of fused-ring (bicyclic) bond motifs is 8. The minimum absolute atomic E-state index is 0.166. The number of rotatable bonds is 5. The van der Waals surface area contributed by atoms with Gasteiger partial charge in [-0.2, -0.15) is 0 Å². The summed E-state index contributed by atoms with van der Waals surface area (Å²) in [5.74, 6) is 1.87. The number of hydrogen-bond acceptors (Lipinski definition) is 4. The normalized spacial score (nSPS) is 14.3. The summed E-state index contributed by atoms with van der Waals surface area (Å²) < 4.78 is 6.24. The van der Waals surface area contributed by atoms with Crippen LogP contribution >= 0.6 is 0 Å². The smallest absolute Gasteiger partial charge is 0.164 e. The van der Waals surface area contributed by atoms with Crippen LogP contribution in [0.3, 0.4) is 0 Å². The molecule has 0 aliphatic heterocycles. The van der Waals surface area contributed by atoms with Crippen LogP contribution < -0.4 is 0 Å². The van der Waals surface area contributed by atoms with E-state index in [0.29, 0.717) is 17.5 Å². The Morgan fingerprint density at radius 1 is 0.382 bits per heavy atom. The second-order valence-corrected chi connectivity index (χ2v) is 15.1. The van der Waals surface area contributed by atoms with Crippen molar-refractivity contribution < 1.29 is 4.42 Å². The fraction of sp³-hybridized carbons (Fsp3) is 0.118. The first-order chi connectivity index (χ1) is 27.2. The number of benzene rings is 7. The van der Waals surface area contributed by atoms with E-state index in [1.165, 1.54) is 65.5 Å². The molecule has 1 saturated carbocycles. The van der Waals surface area contributed by atoms with Gasteiger partial charge in [0.05, 0.1) is 0 Å². The van der Waals surface area contributed by atoms with Crippen molar-refractivity contribution in [3.8, 4) is 67.5 Å². The maximum Gasteiger partial charge on any atom is 0.164 e. The summed E-state index contributed by atoms with van der Waals surface area (Å²) in [5, 5.41) is 2.04. The predicted octanol–water partition coefficient (Wildman–Crippen LogP) is 13.3. The van der Waals surface area contributed by atoms with Crippen molar-refractivity contribution >= 4 is 21.9 Å². The van der Waals surface area contributed by atoms with Crippen molar-refractivity contribution in [3.05, 3.63) is 175 Å². The summed E-state index contributed by atoms with van der Waals surface area (Å²) in [6, 6.07) is 58.2. The van der Waals surface area contributed by atoms with Gasteiger partial charge in [0.1, 0.15) is 11.2 Å². The molecule has 2 aliphatic rings. The molecular weight excluding hydrogens is 671 g/mol. The van der Waals surface area contributed by atoms with Gasteiger partial charge >= 0.3 is 0 Å². The van der Waals surface area contributed by atoms with Crippen LogP contribution in [0.1, 0.15) is 43.2 Å². The van der Waals surface area contributed by atoms with Crippen LogP contribution in [0.15, 0.2) is 168 Å². The van der Waals surface area contributed by atoms with E-state index in [0.717, 1.165) is 49.8 Å². The van der Waals surface area contributed by atoms with E-state index in [4.69, 9.17) is 19.4 Å². The molecule has 2 aromatic heterocycles. The van der Waals surface area contributed by atoms with E-state index in [9.17, 15) is 0 Å². The summed E-state index contributed by atoms with van der Waals surface area (Å²) in [7, 11) is 0. The number of hydrogen-bond donors (Lipinski definition) is 0. The van der Waals surface area contributed by atoms with Crippen molar-refractivity contribution in [3.63, 3.8) is 0 Å². The average Bonchev–Trinajstić information content (AvgIpc) is 3.77. The van der Waals surface area contributed by atoms with E-state index in [2.05, 4.69) is 103 Å². The van der Waals surface area contributed by atoms with Crippen LogP contribution in [0.2, 0.25) is 0 Å². The van der Waals surface area contributed by atoms with Gasteiger partial charge in [-0.25, -0.2) is 15.0 Å². The Bertz CT molecular complexity index is 2920. The Balaban J connectivity index is 1.00. The molecule has 1 fully saturated rings. The Morgan fingerprint density at radius 3 is 1.76 bits per heavy atom. The topological polar surface area (TPSA) is 51.8 Å². The third kappa shape index (κ3) is 5.24. The molecule has 2 aliphatic carbocycles. The van der Waals surface area contributed by atoms with Crippen molar-refractivity contribution in [2.24, 2.45) is 0 Å². The van der Waals surface area contributed by atoms with Crippen LogP contribution in [0.4, 0.5) is 0 Å². The molecule has 4 heteroatoms. The van der Waals surface area contributed by atoms with Gasteiger partial charge in [0, 0.05) is 32.9 Å². The Kier molecular flexibility index (Phi) is 7.38. The minimum atomic E-state index is 0.166. The third-order valence-corrected chi connectivity index (χ3v) is 11.9. The van der Waals surface area contributed by atoms with Crippen molar-refractivity contribution in [2.45, 2.75) is 37.5 Å². The van der Waals surface area contributed by atoms with Crippen molar-refractivity contribution in [1.29, 1.82) is 0 Å². The highest BCUT2D eigenvalue weighted by Crippen LogP contribution is 2.56. The van der Waals surface area contributed by atoms with Crippen LogP contribution in [0, 0.1) is 0 Å². The van der Waals surface area contributed by atoms with Crippen LogP contribution in [-0.4, -0.2) is 15.0 Å². The highest BCUT2D eigenvalue weighted by molar-refractivity contribution is 6.11. The highest BCUT2D eigenvalue weighted by Gasteiger charge is 2.43. The SMILES string of the molecule is c1ccc(-c2nc(-c3cccc(-c4cccc(-c5ccc6c(c5)-c5ccccc5C65CCCCC5)c4)c3)nc(-c3cccc4oc5ccccc5c34)n2)cc1. The number of para-hydroxylation sites is 1. The van der Waals surface area contributed by atoms with E-state index in [-0.39, 0.29) is 5.41 Å². The van der Waals surface area contributed by atoms with Gasteiger partial charge in [-0.05, 0) is 87.7 Å². The van der Waals surface area contributed by atoms with Gasteiger partial charge in [-0.15, -0.1) is 0 Å². The van der Waals surface area contributed by atoms with Crippen molar-refractivity contribution in [1.82, 2.24) is 15.0 Å². The maximum atomic E-state index is 6.24. The average molecular weight is 708 g/mol. The van der Waals surface area contributed by atoms with Gasteiger partial charge in [-0.3, -0.25) is 0 Å². The molecule has 55 heavy (non-hydrogen) atoms. The maximum absolute atomic E-state index is 6.24. The number of nitrogens with zero attached hydrogens (tertiary/aromatic N) is 3. The zero-order valence-electron chi connectivity index (χ0n) is 30.4. The first-order valence-corrected chi connectivity index (χ1v) is 19.4. The summed E-state index contributed by atoms with van der Waals surface area (Å²) >= 11 is 0. The first kappa shape index (κ1) is 31.8. The summed E-state index contributed by atoms with van der Waals surface area (Å²) in [4.78, 5) is 15.3. The molecule has 0 amide bonds. The molecule has 0 N–H and O–H groups in total. The fourth-order valence-electron chi connectivity index (χ4n) is 9.36. The molecule has 0 unspecified atom stereocenters. The quantitative estimate of drug-likeness (QED) is 0.179. The van der Waals surface area contributed by atoms with E-state index in [1.54, 1.807) is 0 Å². The lowest BCUT2D eigenvalue weighted by atomic mass is 9.68. The standard InChI is InChI=1S/C51H37N3O/c1-3-14-33(15-4-1)48-52-49(54-50(53-48)41-22-13-25-46-47(41)40-21-6-8-24-45(40)55-46)38-19-12-18-36(31-38)34-16-11-17-35(30-34)37-26-27-44-42(32-37)39-20-5-7-23-43(39)51(44)28-9-2-10-29-51/h1,3-8,11-27,30-32H,2,9-10,28-29H2. The molecular formula is C51H37N3O. The minimum Gasteiger partial charge on any atom is -0.456 e. The third-order valence-electron chi connectivity index (χ3n) is 11.9. The van der Waals surface area contributed by atoms with E-state index < -0.39 is 0 Å². The summed E-state index contributed by atoms with van der Waals surface area (Å²) in [5.41, 5.74) is 15.2. The molecule has 7 aromatic carbocycles. The van der Waals surface area contributed by atoms with Crippen molar-refractivity contribution in [2.75, 3.05) is 0 Å². The van der Waals surface area contributed by atoms with Gasteiger partial charge in [0.15, 0.2) is 17.5 Å². The number of aromatic nitrogens is 3. The molecule has 9 aromatic rings.